The number of aromatic nitrogens is 4. The van der Waals surface area contributed by atoms with Gasteiger partial charge in [-0.15, -0.1) is 0 Å². The Morgan fingerprint density at radius 2 is 1.42 bits per heavy atom. The van der Waals surface area contributed by atoms with Crippen molar-refractivity contribution in [3.8, 4) is 6.01 Å². The Balaban J connectivity index is 1.40. The molecule has 59 heavy (non-hydrogen) atoms. The van der Waals surface area contributed by atoms with E-state index in [0.29, 0.717) is 41.5 Å². The molecule has 0 aliphatic carbocycles. The van der Waals surface area contributed by atoms with Gasteiger partial charge in [0.1, 0.15) is 18.2 Å². The average molecular weight is 841 g/mol. The molecule has 1 atom stereocenters. The fraction of sp³-hybridized carbons (Fsp3) is 0.682. The van der Waals surface area contributed by atoms with E-state index >= 15 is 0 Å². The molecule has 0 bridgehead atoms. The third kappa shape index (κ3) is 20.0. The molecule has 3 rings (SSSR count). The number of imidazole rings is 1. The number of benzene rings is 1. The number of thioether (sulfide) groups is 1. The summed E-state index contributed by atoms with van der Waals surface area (Å²) in [6, 6.07) is 5.94. The molecule has 2 heterocycles. The zero-order chi connectivity index (χ0) is 42.9. The molecule has 2 amide bonds. The number of anilines is 3. The monoisotopic (exact) mass is 841 g/mol. The highest BCUT2D eigenvalue weighted by Gasteiger charge is 2.25. The van der Waals surface area contributed by atoms with Gasteiger partial charge in [-0.1, -0.05) is 122 Å². The first-order chi connectivity index (χ1) is 28.4. The molecule has 2 aromatic heterocycles. The van der Waals surface area contributed by atoms with Crippen LogP contribution in [0.25, 0.3) is 11.2 Å². The van der Waals surface area contributed by atoms with Crippen LogP contribution in [0.1, 0.15) is 156 Å². The van der Waals surface area contributed by atoms with Crippen LogP contribution < -0.4 is 21.7 Å². The molecule has 0 fully saturated rings. The molecule has 0 spiro atoms. The van der Waals surface area contributed by atoms with Gasteiger partial charge < -0.3 is 36.3 Å². The minimum absolute atomic E-state index is 0.167. The molecule has 1 aromatic carbocycles. The molecule has 15 heteroatoms. The number of carbonyl (C=O) groups excluding carboxylic acids is 3. The van der Waals surface area contributed by atoms with E-state index in [4.69, 9.17) is 15.2 Å². The number of unbranched alkanes of at least 4 members (excludes halogenated alkanes) is 15. The van der Waals surface area contributed by atoms with Crippen molar-refractivity contribution in [1.29, 1.82) is 0 Å². The van der Waals surface area contributed by atoms with Crippen LogP contribution >= 0.6 is 11.8 Å². The maximum atomic E-state index is 13.4. The SMILES string of the molecule is CCCCCCCCCCCCCCCCCC(=O)OCCSC[C@H](NC(=O)OC(C)(C)C)C(=O)Nc1ccc(Cn2c(O)nc3c(N)nc(NCCCC)nc32)cc1. The second-order valence-electron chi connectivity index (χ2n) is 16.3. The lowest BCUT2D eigenvalue weighted by Gasteiger charge is -2.23. The first-order valence-electron chi connectivity index (χ1n) is 22.0. The van der Waals surface area contributed by atoms with Crippen LogP contribution in [-0.2, 0) is 25.6 Å². The van der Waals surface area contributed by atoms with Crippen molar-refractivity contribution in [2.24, 2.45) is 0 Å². The molecule has 0 aliphatic heterocycles. The number of amides is 2. The van der Waals surface area contributed by atoms with Gasteiger partial charge in [-0.3, -0.25) is 14.2 Å². The lowest BCUT2D eigenvalue weighted by molar-refractivity contribution is -0.143. The lowest BCUT2D eigenvalue weighted by atomic mass is 10.0. The highest BCUT2D eigenvalue weighted by atomic mass is 32.2. The Bertz CT molecular complexity index is 1680. The van der Waals surface area contributed by atoms with Crippen molar-refractivity contribution in [2.75, 3.05) is 41.0 Å². The topological polar surface area (TPSA) is 196 Å². The summed E-state index contributed by atoms with van der Waals surface area (Å²) in [5, 5.41) is 19.4. The van der Waals surface area contributed by atoms with E-state index in [0.717, 1.165) is 37.7 Å². The molecule has 14 nitrogen and oxygen atoms in total. The van der Waals surface area contributed by atoms with Gasteiger partial charge >= 0.3 is 12.1 Å². The number of nitrogens with zero attached hydrogens (tertiary/aromatic N) is 4. The predicted molar refractivity (Wildman–Crippen MR) is 240 cm³/mol. The van der Waals surface area contributed by atoms with Gasteiger partial charge in [0.2, 0.25) is 11.9 Å². The molecule has 0 saturated heterocycles. The third-order valence-corrected chi connectivity index (χ3v) is 10.8. The summed E-state index contributed by atoms with van der Waals surface area (Å²) in [6.07, 6.45) is 20.8. The number of alkyl carbamates (subject to hydrolysis) is 1. The lowest BCUT2D eigenvalue weighted by Crippen LogP contribution is -2.47. The van der Waals surface area contributed by atoms with Crippen LogP contribution in [0.3, 0.4) is 0 Å². The molecule has 0 saturated carbocycles. The number of nitrogen functional groups attached to an aromatic ring is 1. The highest BCUT2D eigenvalue weighted by molar-refractivity contribution is 7.99. The number of hydrogen-bond donors (Lipinski definition) is 5. The van der Waals surface area contributed by atoms with Gasteiger partial charge in [-0.2, -0.15) is 26.7 Å². The second kappa shape index (κ2) is 27.5. The Morgan fingerprint density at radius 3 is 2.02 bits per heavy atom. The number of fused-ring (bicyclic) bond motifs is 1. The number of aromatic hydroxyl groups is 1. The number of hydrogen-bond acceptors (Lipinski definition) is 12. The van der Waals surface area contributed by atoms with Crippen LogP contribution in [0.15, 0.2) is 24.3 Å². The van der Waals surface area contributed by atoms with Crippen LogP contribution in [0.4, 0.5) is 22.2 Å². The van der Waals surface area contributed by atoms with Gasteiger partial charge in [0.25, 0.3) is 6.01 Å². The molecule has 3 aromatic rings. The number of nitrogens with one attached hydrogen (secondary N) is 3. The minimum atomic E-state index is -0.912. The molecule has 0 radical (unpaired) electrons. The van der Waals surface area contributed by atoms with Gasteiger partial charge in [-0.05, 0) is 51.3 Å². The summed E-state index contributed by atoms with van der Waals surface area (Å²) >= 11 is 1.40. The molecular formula is C44H72N8O6S. The number of rotatable bonds is 30. The van der Waals surface area contributed by atoms with Gasteiger partial charge in [0, 0.05) is 30.2 Å². The van der Waals surface area contributed by atoms with Crippen LogP contribution in [0.5, 0.6) is 6.01 Å². The number of ether oxygens (including phenoxy) is 2. The van der Waals surface area contributed by atoms with Crippen molar-refractivity contribution in [2.45, 2.75) is 168 Å². The summed E-state index contributed by atoms with van der Waals surface area (Å²) in [5.74, 6) is 0.620. The Labute approximate surface area is 356 Å². The fourth-order valence-corrected chi connectivity index (χ4v) is 7.32. The highest BCUT2D eigenvalue weighted by Crippen LogP contribution is 2.26. The van der Waals surface area contributed by atoms with E-state index in [9.17, 15) is 19.5 Å². The molecule has 0 aliphatic rings. The van der Waals surface area contributed by atoms with Crippen LogP contribution in [0.2, 0.25) is 0 Å². The zero-order valence-corrected chi connectivity index (χ0v) is 37.2. The van der Waals surface area contributed by atoms with Gasteiger partial charge in [0.05, 0.1) is 6.54 Å². The number of esters is 1. The number of carbonyl (C=O) groups is 3. The predicted octanol–water partition coefficient (Wildman–Crippen LogP) is 9.74. The van der Waals surface area contributed by atoms with Crippen molar-refractivity contribution in [3.05, 3.63) is 29.8 Å². The molecular weight excluding hydrogens is 769 g/mol. The van der Waals surface area contributed by atoms with Crippen LogP contribution in [-0.4, -0.2) is 78.9 Å². The minimum Gasteiger partial charge on any atom is -0.480 e. The largest absolute Gasteiger partial charge is 0.480 e. The van der Waals surface area contributed by atoms with E-state index in [1.165, 1.54) is 88.8 Å². The summed E-state index contributed by atoms with van der Waals surface area (Å²) in [7, 11) is 0. The molecule has 6 N–H and O–H groups in total. The average Bonchev–Trinajstić information content (AvgIpc) is 3.50. The number of nitrogens with two attached hydrogens (primary N) is 1. The van der Waals surface area contributed by atoms with Crippen LogP contribution in [0, 0.1) is 0 Å². The standard InChI is InChI=1S/C44H72N8O6S/c1-6-8-10-11-12-13-14-15-16-17-18-19-20-21-22-23-36(53)57-29-30-59-32-35(48-43(56)58-44(3,4)5)40(54)47-34-26-24-33(25-27-34)31-52-39-37(49-42(52)55)38(45)50-41(51-39)46-28-9-7-2/h24-27,35H,6-23,28-32H2,1-5H3,(H,47,54)(H,48,56)(H,49,55)(H3,45,46,50,51)/t35-/m0/s1. The maximum absolute atomic E-state index is 13.4. The summed E-state index contributed by atoms with van der Waals surface area (Å²) in [5.41, 5.74) is 7.41. The summed E-state index contributed by atoms with van der Waals surface area (Å²) in [6.45, 7) is 10.8. The summed E-state index contributed by atoms with van der Waals surface area (Å²) < 4.78 is 12.4. The third-order valence-electron chi connectivity index (χ3n) is 9.74. The molecule has 0 unspecified atom stereocenters. The fourth-order valence-electron chi connectivity index (χ4n) is 6.48. The second-order valence-corrected chi connectivity index (χ2v) is 17.4. The Hall–Kier alpha value is -4.27. The van der Waals surface area contributed by atoms with Crippen molar-refractivity contribution < 1.29 is 29.0 Å². The Morgan fingerprint density at radius 1 is 0.831 bits per heavy atom. The van der Waals surface area contributed by atoms with Crippen molar-refractivity contribution >= 4 is 58.3 Å². The van der Waals surface area contributed by atoms with E-state index in [-0.39, 0.29) is 36.7 Å². The van der Waals surface area contributed by atoms with E-state index in [1.54, 1.807) is 37.5 Å². The Kier molecular flexibility index (Phi) is 22.9. The van der Waals surface area contributed by atoms with Crippen molar-refractivity contribution in [3.63, 3.8) is 0 Å². The first-order valence-corrected chi connectivity index (χ1v) is 23.1. The quantitative estimate of drug-likeness (QED) is 0.0315. The smallest absolute Gasteiger partial charge is 0.408 e. The normalized spacial score (nSPS) is 12.0. The maximum Gasteiger partial charge on any atom is 0.408 e. The van der Waals surface area contributed by atoms with E-state index < -0.39 is 23.6 Å². The van der Waals surface area contributed by atoms with Gasteiger partial charge in [0.15, 0.2) is 17.0 Å². The van der Waals surface area contributed by atoms with E-state index in [1.807, 2.05) is 12.1 Å². The van der Waals surface area contributed by atoms with Crippen molar-refractivity contribution in [1.82, 2.24) is 24.8 Å². The van der Waals surface area contributed by atoms with E-state index in [2.05, 4.69) is 44.7 Å². The summed E-state index contributed by atoms with van der Waals surface area (Å²) in [4.78, 5) is 51.4. The first kappa shape index (κ1) is 49.1. The van der Waals surface area contributed by atoms with Gasteiger partial charge in [-0.25, -0.2) is 4.79 Å². The zero-order valence-electron chi connectivity index (χ0n) is 36.4. The molecule has 330 valence electrons.